The maximum absolute atomic E-state index is 12.4. The Balaban J connectivity index is 2.31. The molecule has 1 aliphatic heterocycles. The molecule has 0 saturated carbocycles. The summed E-state index contributed by atoms with van der Waals surface area (Å²) in [5.41, 5.74) is 0.321. The highest BCUT2D eigenvalue weighted by atomic mass is 16.6. The third kappa shape index (κ3) is 4.15. The number of rotatable bonds is 4. The van der Waals surface area contributed by atoms with Gasteiger partial charge in [-0.3, -0.25) is 4.79 Å². The third-order valence-corrected chi connectivity index (χ3v) is 4.45. The summed E-state index contributed by atoms with van der Waals surface area (Å²) in [5, 5.41) is 4.98. The fourth-order valence-corrected chi connectivity index (χ4v) is 3.45. The topological polar surface area (TPSA) is 114 Å². The van der Waals surface area contributed by atoms with E-state index in [-0.39, 0.29) is 45.1 Å². The number of amides is 3. The number of carbonyl (C=O) groups is 4. The fourth-order valence-electron chi connectivity index (χ4n) is 3.45. The molecule has 10 nitrogen and oxygen atoms in total. The van der Waals surface area contributed by atoms with Crippen molar-refractivity contribution in [2.45, 2.75) is 39.2 Å². The van der Waals surface area contributed by atoms with Gasteiger partial charge in [0.2, 0.25) is 5.91 Å². The molecule has 0 atom stereocenters. The van der Waals surface area contributed by atoms with Gasteiger partial charge < -0.3 is 19.5 Å². The van der Waals surface area contributed by atoms with Gasteiger partial charge in [0.1, 0.15) is 5.54 Å². The summed E-state index contributed by atoms with van der Waals surface area (Å²) in [6.45, 7) is 5.06. The minimum Gasteiger partial charge on any atom is -0.467 e. The Labute approximate surface area is 157 Å². The first-order valence-electron chi connectivity index (χ1n) is 8.73. The van der Waals surface area contributed by atoms with Crippen LogP contribution in [0.2, 0.25) is 0 Å². The van der Waals surface area contributed by atoms with Gasteiger partial charge in [-0.05, 0) is 25.0 Å². The van der Waals surface area contributed by atoms with Crippen LogP contribution in [0.3, 0.4) is 0 Å². The van der Waals surface area contributed by atoms with Crippen molar-refractivity contribution in [3.05, 3.63) is 11.1 Å². The molecular formula is C17H25N3O7. The first-order chi connectivity index (χ1) is 12.8. The Kier molecular flexibility index (Phi) is 6.29. The zero-order valence-corrected chi connectivity index (χ0v) is 16.0. The van der Waals surface area contributed by atoms with Crippen LogP contribution in [0.4, 0.5) is 9.59 Å². The molecule has 1 aliphatic carbocycles. The SMILES string of the molecule is CCOC(=O)N1CC2=C(CN1C(=O)OCC)CC(NC(C)=O)(C(=O)OC)C2. The van der Waals surface area contributed by atoms with Gasteiger partial charge in [-0.15, -0.1) is 0 Å². The smallest absolute Gasteiger partial charge is 0.429 e. The Morgan fingerprint density at radius 2 is 1.41 bits per heavy atom. The molecule has 0 aromatic carbocycles. The molecule has 0 aromatic rings. The Bertz CT molecular complexity index is 635. The lowest BCUT2D eigenvalue weighted by molar-refractivity contribution is -0.150. The van der Waals surface area contributed by atoms with E-state index in [4.69, 9.17) is 14.2 Å². The molecule has 1 N–H and O–H groups in total. The zero-order valence-electron chi connectivity index (χ0n) is 16.0. The van der Waals surface area contributed by atoms with Crippen molar-refractivity contribution in [3.63, 3.8) is 0 Å². The number of hydrogen-bond donors (Lipinski definition) is 1. The van der Waals surface area contributed by atoms with Gasteiger partial charge in [-0.2, -0.15) is 0 Å². The Morgan fingerprint density at radius 3 is 1.74 bits per heavy atom. The van der Waals surface area contributed by atoms with Crippen LogP contribution in [-0.4, -0.2) is 73.0 Å². The molecular weight excluding hydrogens is 358 g/mol. The number of hydrogen-bond acceptors (Lipinski definition) is 7. The highest BCUT2D eigenvalue weighted by Gasteiger charge is 2.50. The first-order valence-corrected chi connectivity index (χ1v) is 8.73. The third-order valence-electron chi connectivity index (χ3n) is 4.45. The number of esters is 1. The maximum atomic E-state index is 12.4. The molecule has 27 heavy (non-hydrogen) atoms. The standard InChI is InChI=1S/C17H25N3O7/c1-5-26-15(23)19-9-12-7-17(14(22)25-4,18-11(3)21)8-13(12)10-20(19)16(24)27-6-2/h5-10H2,1-4H3,(H,18,21). The lowest BCUT2D eigenvalue weighted by atomic mass is 9.94. The van der Waals surface area contributed by atoms with Gasteiger partial charge >= 0.3 is 18.2 Å². The van der Waals surface area contributed by atoms with Crippen molar-refractivity contribution < 1.29 is 33.4 Å². The first kappa shape index (κ1) is 20.5. The lowest BCUT2D eigenvalue weighted by Gasteiger charge is -2.37. The van der Waals surface area contributed by atoms with Gasteiger partial charge in [0, 0.05) is 19.8 Å². The van der Waals surface area contributed by atoms with Crippen LogP contribution >= 0.6 is 0 Å². The van der Waals surface area contributed by atoms with Crippen molar-refractivity contribution in [2.75, 3.05) is 33.4 Å². The predicted octanol–water partition coefficient (Wildman–Crippen LogP) is 0.970. The zero-order chi connectivity index (χ0) is 20.2. The molecule has 0 spiro atoms. The predicted molar refractivity (Wildman–Crippen MR) is 92.3 cm³/mol. The Hall–Kier alpha value is -2.78. The van der Waals surface area contributed by atoms with Crippen LogP contribution in [0.5, 0.6) is 0 Å². The van der Waals surface area contributed by atoms with Crippen molar-refractivity contribution in [1.29, 1.82) is 0 Å². The molecule has 2 rings (SSSR count). The molecule has 1 heterocycles. The minimum absolute atomic E-state index is 0.0608. The van der Waals surface area contributed by atoms with Crippen molar-refractivity contribution in [3.8, 4) is 0 Å². The number of ether oxygens (including phenoxy) is 3. The normalized spacial score (nSPS) is 17.9. The molecule has 10 heteroatoms. The number of methoxy groups -OCH3 is 1. The highest BCUT2D eigenvalue weighted by Crippen LogP contribution is 2.39. The van der Waals surface area contributed by atoms with Crippen LogP contribution in [0.1, 0.15) is 33.6 Å². The van der Waals surface area contributed by atoms with Crippen LogP contribution in [0.15, 0.2) is 11.1 Å². The maximum Gasteiger partial charge on any atom is 0.429 e. The summed E-state index contributed by atoms with van der Waals surface area (Å²) in [5.74, 6) is -0.942. The molecule has 3 amide bonds. The largest absolute Gasteiger partial charge is 0.467 e. The molecule has 2 aliphatic rings. The fraction of sp³-hybridized carbons (Fsp3) is 0.647. The molecule has 0 fully saturated rings. The second-order valence-corrected chi connectivity index (χ2v) is 6.33. The van der Waals surface area contributed by atoms with Gasteiger partial charge in [0.25, 0.3) is 0 Å². The Morgan fingerprint density at radius 1 is 0.963 bits per heavy atom. The average Bonchev–Trinajstić information content (AvgIpc) is 2.97. The molecule has 0 aromatic heterocycles. The molecule has 0 unspecified atom stereocenters. The van der Waals surface area contributed by atoms with Crippen molar-refractivity contribution in [1.82, 2.24) is 15.3 Å². The number of carbonyl (C=O) groups excluding carboxylic acids is 4. The van der Waals surface area contributed by atoms with E-state index < -0.39 is 23.7 Å². The summed E-state index contributed by atoms with van der Waals surface area (Å²) in [6, 6.07) is 0. The van der Waals surface area contributed by atoms with E-state index >= 15 is 0 Å². The highest BCUT2D eigenvalue weighted by molar-refractivity contribution is 5.89. The summed E-state index contributed by atoms with van der Waals surface area (Å²) in [4.78, 5) is 48.6. The minimum atomic E-state index is -1.24. The van der Waals surface area contributed by atoms with Crippen LogP contribution in [0, 0.1) is 0 Å². The summed E-state index contributed by atoms with van der Waals surface area (Å²) in [6.07, 6.45) is -0.984. The summed E-state index contributed by atoms with van der Waals surface area (Å²) in [7, 11) is 1.25. The monoisotopic (exact) mass is 383 g/mol. The number of nitrogens with zero attached hydrogens (tertiary/aromatic N) is 2. The summed E-state index contributed by atoms with van der Waals surface area (Å²) >= 11 is 0. The van der Waals surface area contributed by atoms with E-state index in [2.05, 4.69) is 5.32 Å². The number of hydrazine groups is 1. The van der Waals surface area contributed by atoms with Crippen LogP contribution in [-0.2, 0) is 23.8 Å². The quantitative estimate of drug-likeness (QED) is 0.437. The van der Waals surface area contributed by atoms with E-state index in [1.807, 2.05) is 0 Å². The van der Waals surface area contributed by atoms with E-state index in [1.54, 1.807) is 13.8 Å². The van der Waals surface area contributed by atoms with Crippen LogP contribution in [0.25, 0.3) is 0 Å². The molecule has 0 radical (unpaired) electrons. The molecule has 0 bridgehead atoms. The van der Waals surface area contributed by atoms with Gasteiger partial charge in [-0.1, -0.05) is 0 Å². The van der Waals surface area contributed by atoms with Crippen LogP contribution < -0.4 is 5.32 Å². The van der Waals surface area contributed by atoms with Gasteiger partial charge in [0.15, 0.2) is 0 Å². The number of nitrogens with one attached hydrogen (secondary N) is 1. The van der Waals surface area contributed by atoms with E-state index in [0.29, 0.717) is 0 Å². The van der Waals surface area contributed by atoms with Gasteiger partial charge in [0.05, 0.1) is 33.4 Å². The van der Waals surface area contributed by atoms with E-state index in [0.717, 1.165) is 21.2 Å². The molecule has 150 valence electrons. The lowest BCUT2D eigenvalue weighted by Crippen LogP contribution is -2.53. The average molecular weight is 383 g/mol. The second-order valence-electron chi connectivity index (χ2n) is 6.33. The molecule has 0 saturated heterocycles. The summed E-state index contributed by atoms with van der Waals surface area (Å²) < 4.78 is 14.9. The second kappa shape index (κ2) is 8.28. The van der Waals surface area contributed by atoms with Crippen molar-refractivity contribution >= 4 is 24.1 Å². The van der Waals surface area contributed by atoms with Gasteiger partial charge in [-0.25, -0.2) is 24.4 Å². The van der Waals surface area contributed by atoms with Crippen molar-refractivity contribution in [2.24, 2.45) is 0 Å². The van der Waals surface area contributed by atoms with E-state index in [1.165, 1.54) is 14.0 Å². The van der Waals surface area contributed by atoms with E-state index in [9.17, 15) is 19.2 Å².